The van der Waals surface area contributed by atoms with E-state index >= 15 is 0 Å². The molecule has 17 heavy (non-hydrogen) atoms. The molecule has 2 rings (SSSR count). The maximum absolute atomic E-state index is 11.5. The Morgan fingerprint density at radius 1 is 1.47 bits per heavy atom. The summed E-state index contributed by atoms with van der Waals surface area (Å²) < 4.78 is 0. The molecule has 1 aliphatic rings. The highest BCUT2D eigenvalue weighted by Gasteiger charge is 2.21. The molecule has 0 spiro atoms. The van der Waals surface area contributed by atoms with Crippen LogP contribution in [-0.4, -0.2) is 24.7 Å². The van der Waals surface area contributed by atoms with Crippen LogP contribution < -0.4 is 10.2 Å². The third-order valence-corrected chi connectivity index (χ3v) is 3.85. The maximum Gasteiger partial charge on any atom is 0.237 e. The lowest BCUT2D eigenvalue weighted by Gasteiger charge is -2.25. The van der Waals surface area contributed by atoms with Crippen molar-refractivity contribution in [1.82, 2.24) is 5.32 Å². The highest BCUT2D eigenvalue weighted by molar-refractivity contribution is 8.00. The van der Waals surface area contributed by atoms with E-state index in [1.807, 2.05) is 13.1 Å². The molecule has 1 amide bonds. The van der Waals surface area contributed by atoms with E-state index in [9.17, 15) is 4.79 Å². The van der Waals surface area contributed by atoms with Crippen LogP contribution in [0.25, 0.3) is 0 Å². The third kappa shape index (κ3) is 2.82. The monoisotopic (exact) mass is 250 g/mol. The van der Waals surface area contributed by atoms with E-state index in [0.29, 0.717) is 11.8 Å². The number of benzene rings is 1. The van der Waals surface area contributed by atoms with E-state index in [2.05, 4.69) is 31.3 Å². The zero-order valence-electron chi connectivity index (χ0n) is 10.5. The van der Waals surface area contributed by atoms with Crippen LogP contribution in [0.2, 0.25) is 0 Å². The van der Waals surface area contributed by atoms with Gasteiger partial charge in [-0.1, -0.05) is 19.9 Å². The van der Waals surface area contributed by atoms with Gasteiger partial charge in [0.15, 0.2) is 0 Å². The number of amides is 1. The number of nitrogens with one attached hydrogen (secondary N) is 1. The zero-order valence-corrected chi connectivity index (χ0v) is 11.3. The van der Waals surface area contributed by atoms with Gasteiger partial charge in [0.1, 0.15) is 0 Å². The van der Waals surface area contributed by atoms with Crippen molar-refractivity contribution >= 4 is 23.4 Å². The van der Waals surface area contributed by atoms with Crippen molar-refractivity contribution < 1.29 is 4.79 Å². The van der Waals surface area contributed by atoms with Gasteiger partial charge in [-0.05, 0) is 17.7 Å². The molecule has 1 aromatic carbocycles. The van der Waals surface area contributed by atoms with Crippen LogP contribution in [0.3, 0.4) is 0 Å². The van der Waals surface area contributed by atoms with Crippen LogP contribution >= 0.6 is 11.8 Å². The molecular formula is C13H18N2OS. The number of hydrogen-bond donors (Lipinski definition) is 1. The summed E-state index contributed by atoms with van der Waals surface area (Å²) in [5, 5.41) is 3.40. The Balaban J connectivity index is 2.17. The molecule has 0 saturated heterocycles. The van der Waals surface area contributed by atoms with Gasteiger partial charge in [0, 0.05) is 24.5 Å². The first-order valence-electron chi connectivity index (χ1n) is 5.83. The number of thioether (sulfide) groups is 1. The molecule has 4 heteroatoms. The lowest BCUT2D eigenvalue weighted by atomic mass is 10.2. The third-order valence-electron chi connectivity index (χ3n) is 2.83. The van der Waals surface area contributed by atoms with Gasteiger partial charge in [0.2, 0.25) is 5.91 Å². The van der Waals surface area contributed by atoms with Crippen molar-refractivity contribution in [2.24, 2.45) is 0 Å². The second kappa shape index (κ2) is 5.10. The fourth-order valence-electron chi connectivity index (χ4n) is 1.75. The molecule has 1 N–H and O–H groups in total. The molecule has 0 aromatic heterocycles. The molecule has 3 nitrogen and oxygen atoms in total. The second-order valence-corrected chi connectivity index (χ2v) is 5.60. The first-order valence-corrected chi connectivity index (χ1v) is 6.82. The van der Waals surface area contributed by atoms with Gasteiger partial charge in [0.25, 0.3) is 0 Å². The molecule has 0 fully saturated rings. The standard InChI is InChI=1S/C13H18N2OS/c1-9(2)14-7-10-4-5-11-12(6-10)17-8-13(16)15(11)3/h4-6,9,14H,7-8H2,1-3H3. The van der Waals surface area contributed by atoms with E-state index in [4.69, 9.17) is 0 Å². The Labute approximate surface area is 107 Å². The summed E-state index contributed by atoms with van der Waals surface area (Å²) >= 11 is 1.63. The van der Waals surface area contributed by atoms with Crippen LogP contribution in [0.15, 0.2) is 23.1 Å². The number of carbonyl (C=O) groups excluding carboxylic acids is 1. The molecule has 0 aliphatic carbocycles. The predicted octanol–water partition coefficient (Wildman–Crippen LogP) is 2.25. The summed E-state index contributed by atoms with van der Waals surface area (Å²) in [6, 6.07) is 6.79. The molecule has 0 radical (unpaired) electrons. The summed E-state index contributed by atoms with van der Waals surface area (Å²) in [4.78, 5) is 14.5. The highest BCUT2D eigenvalue weighted by Crippen LogP contribution is 2.35. The average molecular weight is 250 g/mol. The SMILES string of the molecule is CC(C)NCc1ccc2c(c1)SCC(=O)N2C. The molecule has 0 bridgehead atoms. The summed E-state index contributed by atoms with van der Waals surface area (Å²) in [6.45, 7) is 5.16. The van der Waals surface area contributed by atoms with Gasteiger partial charge >= 0.3 is 0 Å². The van der Waals surface area contributed by atoms with E-state index in [0.717, 1.165) is 12.2 Å². The summed E-state index contributed by atoms with van der Waals surface area (Å²) in [5.74, 6) is 0.723. The maximum atomic E-state index is 11.5. The summed E-state index contributed by atoms with van der Waals surface area (Å²) in [7, 11) is 1.84. The van der Waals surface area contributed by atoms with Gasteiger partial charge in [0.05, 0.1) is 11.4 Å². The smallest absolute Gasteiger partial charge is 0.237 e. The molecular weight excluding hydrogens is 232 g/mol. The van der Waals surface area contributed by atoms with E-state index in [1.165, 1.54) is 10.5 Å². The topological polar surface area (TPSA) is 32.3 Å². The van der Waals surface area contributed by atoms with Gasteiger partial charge in [-0.15, -0.1) is 11.8 Å². The molecule has 0 atom stereocenters. The number of fused-ring (bicyclic) bond motifs is 1. The molecule has 0 saturated carbocycles. The Morgan fingerprint density at radius 3 is 2.94 bits per heavy atom. The van der Waals surface area contributed by atoms with Crippen LogP contribution in [0, 0.1) is 0 Å². The number of hydrogen-bond acceptors (Lipinski definition) is 3. The minimum atomic E-state index is 0.176. The quantitative estimate of drug-likeness (QED) is 0.893. The molecule has 1 aliphatic heterocycles. The largest absolute Gasteiger partial charge is 0.314 e. The summed E-state index contributed by atoms with van der Waals surface area (Å²) in [5.41, 5.74) is 2.30. The lowest BCUT2D eigenvalue weighted by molar-refractivity contribution is -0.116. The first-order chi connectivity index (χ1) is 8.08. The van der Waals surface area contributed by atoms with Gasteiger partial charge in [-0.3, -0.25) is 4.79 Å². The van der Waals surface area contributed by atoms with Gasteiger partial charge in [-0.25, -0.2) is 0 Å². The van der Waals surface area contributed by atoms with Crippen molar-refractivity contribution in [2.45, 2.75) is 31.3 Å². The number of rotatable bonds is 3. The Bertz CT molecular complexity index is 431. The summed E-state index contributed by atoms with van der Waals surface area (Å²) in [6.07, 6.45) is 0. The van der Waals surface area contributed by atoms with Crippen LogP contribution in [0.1, 0.15) is 19.4 Å². The minimum Gasteiger partial charge on any atom is -0.314 e. The van der Waals surface area contributed by atoms with Crippen molar-refractivity contribution in [3.63, 3.8) is 0 Å². The van der Waals surface area contributed by atoms with Crippen molar-refractivity contribution in [2.75, 3.05) is 17.7 Å². The molecule has 1 heterocycles. The average Bonchev–Trinajstić information content (AvgIpc) is 2.31. The number of anilines is 1. The minimum absolute atomic E-state index is 0.176. The van der Waals surface area contributed by atoms with Crippen LogP contribution in [0.4, 0.5) is 5.69 Å². The number of carbonyl (C=O) groups is 1. The second-order valence-electron chi connectivity index (χ2n) is 4.58. The molecule has 1 aromatic rings. The van der Waals surface area contributed by atoms with Gasteiger partial charge in [-0.2, -0.15) is 0 Å². The highest BCUT2D eigenvalue weighted by atomic mass is 32.2. The normalized spacial score (nSPS) is 15.3. The lowest BCUT2D eigenvalue weighted by Crippen LogP contribution is -2.31. The van der Waals surface area contributed by atoms with Crippen LogP contribution in [0.5, 0.6) is 0 Å². The molecule has 92 valence electrons. The first kappa shape index (κ1) is 12.5. The molecule has 0 unspecified atom stereocenters. The van der Waals surface area contributed by atoms with Crippen molar-refractivity contribution in [3.05, 3.63) is 23.8 Å². The Morgan fingerprint density at radius 2 is 2.24 bits per heavy atom. The van der Waals surface area contributed by atoms with E-state index in [1.54, 1.807) is 16.7 Å². The van der Waals surface area contributed by atoms with Crippen molar-refractivity contribution in [3.8, 4) is 0 Å². The van der Waals surface area contributed by atoms with E-state index in [-0.39, 0.29) is 5.91 Å². The zero-order chi connectivity index (χ0) is 12.4. The Kier molecular flexibility index (Phi) is 3.74. The Hall–Kier alpha value is -1.00. The fourth-order valence-corrected chi connectivity index (χ4v) is 2.81. The predicted molar refractivity (Wildman–Crippen MR) is 72.6 cm³/mol. The van der Waals surface area contributed by atoms with Crippen LogP contribution in [-0.2, 0) is 11.3 Å². The van der Waals surface area contributed by atoms with Crippen molar-refractivity contribution in [1.29, 1.82) is 0 Å². The van der Waals surface area contributed by atoms with E-state index < -0.39 is 0 Å². The number of nitrogens with zero attached hydrogens (tertiary/aromatic N) is 1. The fraction of sp³-hybridized carbons (Fsp3) is 0.462. The van der Waals surface area contributed by atoms with Gasteiger partial charge < -0.3 is 10.2 Å².